The van der Waals surface area contributed by atoms with E-state index in [-0.39, 0.29) is 36.3 Å². The maximum absolute atomic E-state index is 12.9. The molecule has 0 spiro atoms. The van der Waals surface area contributed by atoms with Crippen LogP contribution in [-0.2, 0) is 19.1 Å². The van der Waals surface area contributed by atoms with E-state index in [0.29, 0.717) is 19.5 Å². The zero-order valence-electron chi connectivity index (χ0n) is 14.5. The molecule has 0 radical (unpaired) electrons. The van der Waals surface area contributed by atoms with Crippen molar-refractivity contribution in [1.29, 1.82) is 0 Å². The first-order valence-corrected chi connectivity index (χ1v) is 8.40. The number of hydrogen-bond acceptors (Lipinski definition) is 6. The van der Waals surface area contributed by atoms with Crippen LogP contribution in [0.2, 0.25) is 0 Å². The number of ether oxygens (including phenoxy) is 2. The van der Waals surface area contributed by atoms with Crippen LogP contribution < -0.4 is 0 Å². The van der Waals surface area contributed by atoms with Crippen LogP contribution in [0.1, 0.15) is 20.3 Å². The average molecular weight is 349 g/mol. The first kappa shape index (κ1) is 17.8. The fourth-order valence-corrected chi connectivity index (χ4v) is 3.94. The molecule has 0 amide bonds. The van der Waals surface area contributed by atoms with E-state index in [1.54, 1.807) is 13.0 Å². The second-order valence-corrected chi connectivity index (χ2v) is 7.06. The maximum Gasteiger partial charge on any atom is 0.342 e. The highest BCUT2D eigenvalue weighted by molar-refractivity contribution is 5.97. The minimum absolute atomic E-state index is 0.0329. The molecule has 0 aromatic carbocycles. The molecule has 1 N–H and O–H groups in total. The molecule has 0 aromatic heterocycles. The third-order valence-corrected chi connectivity index (χ3v) is 5.49. The van der Waals surface area contributed by atoms with Gasteiger partial charge >= 0.3 is 11.9 Å². The fraction of sp³-hybridized carbons (Fsp3) is 0.556. The molecular weight excluding hydrogens is 326 g/mol. The summed E-state index contributed by atoms with van der Waals surface area (Å²) in [5.41, 5.74) is -1.36. The molecule has 0 aromatic rings. The predicted octanol–water partition coefficient (Wildman–Crippen LogP) is 0.983. The molecular formula is C18H23NO6. The van der Waals surface area contributed by atoms with Gasteiger partial charge in [0.25, 0.3) is 0 Å². The molecule has 4 atom stereocenters. The number of carbonyl (C=O) groups excluding carboxylic acids is 2. The van der Waals surface area contributed by atoms with Crippen molar-refractivity contribution in [3.8, 4) is 0 Å². The average Bonchev–Trinajstić information content (AvgIpc) is 3.06. The standard InChI is InChI=1S/C18H23NO6/c1-4-14-11(2)18(3,22)17(21)25-10-13-6-8-19(23)7-5-12(15(13)19)9-24-16(14)20/h4,6,12,15,22H,2,5,7-10H2,1,3H3/b14-4+. The smallest absolute Gasteiger partial charge is 0.342 e. The lowest BCUT2D eigenvalue weighted by Crippen LogP contribution is -2.47. The summed E-state index contributed by atoms with van der Waals surface area (Å²) < 4.78 is 10.3. The van der Waals surface area contributed by atoms with Crippen LogP contribution in [-0.4, -0.2) is 59.6 Å². The van der Waals surface area contributed by atoms with Crippen molar-refractivity contribution >= 4 is 11.9 Å². The molecule has 0 bridgehead atoms. The van der Waals surface area contributed by atoms with Crippen LogP contribution >= 0.6 is 0 Å². The molecule has 4 unspecified atom stereocenters. The molecule has 2 saturated heterocycles. The Hall–Kier alpha value is -1.96. The van der Waals surface area contributed by atoms with Gasteiger partial charge in [0.15, 0.2) is 5.60 Å². The summed E-state index contributed by atoms with van der Waals surface area (Å²) in [5.74, 6) is -1.68. The quantitative estimate of drug-likeness (QED) is 0.230. The molecule has 3 rings (SSSR count). The minimum Gasteiger partial charge on any atom is -0.632 e. The van der Waals surface area contributed by atoms with Gasteiger partial charge in [-0.2, -0.15) is 0 Å². The number of esters is 2. The number of quaternary nitrogens is 1. The second-order valence-electron chi connectivity index (χ2n) is 7.06. The molecule has 7 heteroatoms. The lowest BCUT2D eigenvalue weighted by molar-refractivity contribution is -0.877. The van der Waals surface area contributed by atoms with Crippen LogP contribution in [0, 0.1) is 11.1 Å². The summed E-state index contributed by atoms with van der Waals surface area (Å²) in [7, 11) is 0. The van der Waals surface area contributed by atoms with Crippen LogP contribution in [0.15, 0.2) is 35.5 Å². The van der Waals surface area contributed by atoms with Crippen molar-refractivity contribution < 1.29 is 28.8 Å². The third kappa shape index (κ3) is 2.82. The monoisotopic (exact) mass is 349 g/mol. The van der Waals surface area contributed by atoms with E-state index in [9.17, 15) is 19.9 Å². The normalized spacial score (nSPS) is 40.7. The number of aliphatic hydroxyl groups is 1. The van der Waals surface area contributed by atoms with Crippen LogP contribution in [0.25, 0.3) is 0 Å². The van der Waals surface area contributed by atoms with Gasteiger partial charge in [0.1, 0.15) is 19.3 Å². The lowest BCUT2D eigenvalue weighted by Gasteiger charge is -2.41. The van der Waals surface area contributed by atoms with Gasteiger partial charge < -0.3 is 24.4 Å². The van der Waals surface area contributed by atoms with E-state index in [1.165, 1.54) is 13.0 Å². The second kappa shape index (κ2) is 6.09. The van der Waals surface area contributed by atoms with Gasteiger partial charge in [-0.1, -0.05) is 12.7 Å². The Morgan fingerprint density at radius 2 is 2.16 bits per heavy atom. The van der Waals surface area contributed by atoms with Gasteiger partial charge in [0.05, 0.1) is 24.6 Å². The molecule has 7 nitrogen and oxygen atoms in total. The summed E-state index contributed by atoms with van der Waals surface area (Å²) in [5, 5.41) is 23.4. The van der Waals surface area contributed by atoms with Gasteiger partial charge in [-0.15, -0.1) is 0 Å². The Kier molecular flexibility index (Phi) is 4.35. The highest BCUT2D eigenvalue weighted by atomic mass is 16.6. The van der Waals surface area contributed by atoms with Crippen molar-refractivity contribution in [2.75, 3.05) is 26.3 Å². The van der Waals surface area contributed by atoms with Gasteiger partial charge in [0, 0.05) is 17.6 Å². The minimum atomic E-state index is -2.06. The predicted molar refractivity (Wildman–Crippen MR) is 88.8 cm³/mol. The largest absolute Gasteiger partial charge is 0.632 e. The van der Waals surface area contributed by atoms with Crippen molar-refractivity contribution in [2.24, 2.45) is 5.92 Å². The van der Waals surface area contributed by atoms with Crippen molar-refractivity contribution in [3.63, 3.8) is 0 Å². The fourth-order valence-electron chi connectivity index (χ4n) is 3.94. The number of rotatable bonds is 0. The van der Waals surface area contributed by atoms with Gasteiger partial charge in [-0.25, -0.2) is 9.59 Å². The Labute approximate surface area is 146 Å². The van der Waals surface area contributed by atoms with Gasteiger partial charge in [-0.3, -0.25) is 0 Å². The van der Waals surface area contributed by atoms with Crippen LogP contribution in [0.3, 0.4) is 0 Å². The zero-order valence-corrected chi connectivity index (χ0v) is 14.5. The Bertz CT molecular complexity index is 692. The molecule has 2 fully saturated rings. The van der Waals surface area contributed by atoms with Crippen molar-refractivity contribution in [1.82, 2.24) is 0 Å². The highest BCUT2D eigenvalue weighted by Gasteiger charge is 2.49. The van der Waals surface area contributed by atoms with Gasteiger partial charge in [0.2, 0.25) is 0 Å². The zero-order chi connectivity index (χ0) is 18.4. The Balaban J connectivity index is 1.94. The summed E-state index contributed by atoms with van der Waals surface area (Å²) >= 11 is 0. The maximum atomic E-state index is 12.9. The number of allylic oxidation sites excluding steroid dienone is 1. The molecule has 25 heavy (non-hydrogen) atoms. The Morgan fingerprint density at radius 3 is 2.84 bits per heavy atom. The summed E-state index contributed by atoms with van der Waals surface area (Å²) in [6.07, 6.45) is 3.89. The van der Waals surface area contributed by atoms with Crippen molar-refractivity contribution in [3.05, 3.63) is 40.7 Å². The van der Waals surface area contributed by atoms with E-state index >= 15 is 0 Å². The number of nitrogens with zero attached hydrogens (tertiary/aromatic N) is 1. The molecule has 136 valence electrons. The number of carbonyl (C=O) groups is 2. The first-order valence-electron chi connectivity index (χ1n) is 8.40. The topological polar surface area (TPSA) is 95.9 Å². The molecule has 3 heterocycles. The number of hydroxylamine groups is 3. The number of cyclic esters (lactones) is 2. The van der Waals surface area contributed by atoms with E-state index in [4.69, 9.17) is 9.47 Å². The third-order valence-electron chi connectivity index (χ3n) is 5.49. The van der Waals surface area contributed by atoms with E-state index < -0.39 is 22.2 Å². The Morgan fingerprint density at radius 1 is 1.44 bits per heavy atom. The molecule has 3 aliphatic rings. The summed E-state index contributed by atoms with van der Waals surface area (Å²) in [6, 6.07) is -0.373. The van der Waals surface area contributed by atoms with E-state index in [1.807, 2.05) is 0 Å². The summed E-state index contributed by atoms with van der Waals surface area (Å²) in [6.45, 7) is 7.35. The SMILES string of the molecule is C=C1/C(=C\C)C(=O)OCC2CC[N+]3([O-])CC=C(COC(=O)C1(C)O)C23. The molecule has 0 aliphatic carbocycles. The summed E-state index contributed by atoms with van der Waals surface area (Å²) in [4.78, 5) is 24.8. The van der Waals surface area contributed by atoms with E-state index in [2.05, 4.69) is 6.58 Å². The highest BCUT2D eigenvalue weighted by Crippen LogP contribution is 2.40. The molecule has 0 saturated carbocycles. The van der Waals surface area contributed by atoms with E-state index in [0.717, 1.165) is 5.57 Å². The van der Waals surface area contributed by atoms with Crippen LogP contribution in [0.5, 0.6) is 0 Å². The number of hydrogen-bond donors (Lipinski definition) is 1. The lowest BCUT2D eigenvalue weighted by atomic mass is 9.90. The molecule has 3 aliphatic heterocycles. The van der Waals surface area contributed by atoms with Gasteiger partial charge in [-0.05, 0) is 19.9 Å². The first-order chi connectivity index (χ1) is 11.7. The van der Waals surface area contributed by atoms with Crippen LogP contribution in [0.4, 0.5) is 0 Å². The van der Waals surface area contributed by atoms with Crippen molar-refractivity contribution in [2.45, 2.75) is 31.9 Å².